The zero-order valence-electron chi connectivity index (χ0n) is 9.36. The van der Waals surface area contributed by atoms with Crippen LogP contribution in [0.15, 0.2) is 31.0 Å². The number of nitrogens with zero attached hydrogens (tertiary/aromatic N) is 1. The van der Waals surface area contributed by atoms with Crippen LogP contribution in [0.4, 0.5) is 0 Å². The van der Waals surface area contributed by atoms with Crippen LogP contribution < -0.4 is 10.1 Å². The van der Waals surface area contributed by atoms with E-state index >= 15 is 0 Å². The number of nitrogens with one attached hydrogen (secondary N) is 1. The van der Waals surface area contributed by atoms with E-state index < -0.39 is 0 Å². The highest BCUT2D eigenvalue weighted by Crippen LogP contribution is 2.10. The molecule has 3 heteroatoms. The molecular weight excluding hydrogens is 188 g/mol. The number of ether oxygens (including phenoxy) is 1. The van der Waals surface area contributed by atoms with E-state index in [1.165, 1.54) is 0 Å². The van der Waals surface area contributed by atoms with E-state index in [0.29, 0.717) is 12.6 Å². The van der Waals surface area contributed by atoms with Crippen molar-refractivity contribution in [2.24, 2.45) is 0 Å². The lowest BCUT2D eigenvalue weighted by atomic mass is 10.3. The second kappa shape index (κ2) is 6.19. The van der Waals surface area contributed by atoms with Gasteiger partial charge in [0, 0.05) is 24.8 Å². The Morgan fingerprint density at radius 2 is 2.40 bits per heavy atom. The average molecular weight is 206 g/mol. The molecule has 0 aliphatic carbocycles. The Morgan fingerprint density at radius 1 is 1.60 bits per heavy atom. The third-order valence-corrected chi connectivity index (χ3v) is 1.85. The summed E-state index contributed by atoms with van der Waals surface area (Å²) in [6, 6.07) is 4.26. The van der Waals surface area contributed by atoms with Crippen molar-refractivity contribution in [3.63, 3.8) is 0 Å². The maximum absolute atomic E-state index is 5.42. The van der Waals surface area contributed by atoms with Crippen molar-refractivity contribution < 1.29 is 4.74 Å². The fourth-order valence-electron chi connectivity index (χ4n) is 1.11. The van der Waals surface area contributed by atoms with E-state index in [9.17, 15) is 0 Å². The summed E-state index contributed by atoms with van der Waals surface area (Å²) in [6.45, 7) is 9.12. The molecule has 0 aromatic carbocycles. The van der Waals surface area contributed by atoms with E-state index in [0.717, 1.165) is 18.0 Å². The molecule has 15 heavy (non-hydrogen) atoms. The van der Waals surface area contributed by atoms with Gasteiger partial charge in [-0.3, -0.25) is 4.98 Å². The molecule has 0 radical (unpaired) electrons. The van der Waals surface area contributed by atoms with Crippen LogP contribution in [0.5, 0.6) is 5.75 Å². The molecule has 0 aliphatic rings. The Balaban J connectivity index is 2.53. The number of rotatable bonds is 6. The molecule has 0 saturated carbocycles. The summed E-state index contributed by atoms with van der Waals surface area (Å²) in [4.78, 5) is 4.25. The van der Waals surface area contributed by atoms with Gasteiger partial charge in [-0.2, -0.15) is 0 Å². The first kappa shape index (κ1) is 11.7. The van der Waals surface area contributed by atoms with Gasteiger partial charge in [0.2, 0.25) is 0 Å². The van der Waals surface area contributed by atoms with E-state index in [2.05, 4.69) is 30.7 Å². The fourth-order valence-corrected chi connectivity index (χ4v) is 1.11. The van der Waals surface area contributed by atoms with Gasteiger partial charge < -0.3 is 10.1 Å². The van der Waals surface area contributed by atoms with Crippen LogP contribution in [0.1, 0.15) is 19.5 Å². The lowest BCUT2D eigenvalue weighted by Gasteiger charge is -2.08. The van der Waals surface area contributed by atoms with Crippen molar-refractivity contribution in [3.8, 4) is 5.75 Å². The van der Waals surface area contributed by atoms with Crippen molar-refractivity contribution in [2.75, 3.05) is 6.61 Å². The van der Waals surface area contributed by atoms with Crippen LogP contribution in [0.2, 0.25) is 0 Å². The van der Waals surface area contributed by atoms with Gasteiger partial charge in [0.25, 0.3) is 0 Å². The van der Waals surface area contributed by atoms with Crippen LogP contribution in [0.3, 0.4) is 0 Å². The molecule has 0 bridgehead atoms. The van der Waals surface area contributed by atoms with Crippen LogP contribution in [-0.2, 0) is 6.54 Å². The van der Waals surface area contributed by atoms with E-state index in [-0.39, 0.29) is 0 Å². The Kier molecular flexibility index (Phi) is 4.84. The smallest absolute Gasteiger partial charge is 0.123 e. The molecule has 82 valence electrons. The zero-order chi connectivity index (χ0) is 11.1. The maximum Gasteiger partial charge on any atom is 0.123 e. The second-order valence-electron chi connectivity index (χ2n) is 3.62. The largest absolute Gasteiger partial charge is 0.489 e. The van der Waals surface area contributed by atoms with E-state index in [4.69, 9.17) is 4.74 Å². The summed E-state index contributed by atoms with van der Waals surface area (Å²) in [7, 11) is 0. The normalized spacial score (nSPS) is 10.3. The third kappa shape index (κ3) is 4.61. The lowest BCUT2D eigenvalue weighted by molar-refractivity contribution is 0.362. The molecule has 0 amide bonds. The molecule has 1 heterocycles. The molecule has 0 atom stereocenters. The van der Waals surface area contributed by atoms with Crippen molar-refractivity contribution in [1.29, 1.82) is 0 Å². The van der Waals surface area contributed by atoms with Gasteiger partial charge in [-0.05, 0) is 6.07 Å². The average Bonchev–Trinajstić information content (AvgIpc) is 2.24. The highest BCUT2D eigenvalue weighted by Gasteiger charge is 1.98. The highest BCUT2D eigenvalue weighted by molar-refractivity contribution is 5.22. The first-order valence-corrected chi connectivity index (χ1v) is 5.14. The summed E-state index contributed by atoms with van der Waals surface area (Å²) in [5.74, 6) is 0.838. The maximum atomic E-state index is 5.42. The standard InChI is InChI=1S/C12H18N2O/c1-4-7-15-12-5-6-13-11(8-12)9-14-10(2)3/h4-6,8,10,14H,1,7,9H2,2-3H3. The molecule has 1 N–H and O–H groups in total. The number of hydrogen-bond donors (Lipinski definition) is 1. The second-order valence-corrected chi connectivity index (χ2v) is 3.62. The molecule has 0 unspecified atom stereocenters. The predicted molar refractivity (Wildman–Crippen MR) is 61.9 cm³/mol. The first-order valence-electron chi connectivity index (χ1n) is 5.14. The zero-order valence-corrected chi connectivity index (χ0v) is 9.36. The van der Waals surface area contributed by atoms with Gasteiger partial charge in [0.1, 0.15) is 12.4 Å². The molecule has 1 aromatic heterocycles. The van der Waals surface area contributed by atoms with E-state index in [1.807, 2.05) is 12.1 Å². The van der Waals surface area contributed by atoms with E-state index in [1.54, 1.807) is 12.3 Å². The Labute approximate surface area is 91.2 Å². The van der Waals surface area contributed by atoms with Gasteiger partial charge >= 0.3 is 0 Å². The monoisotopic (exact) mass is 206 g/mol. The van der Waals surface area contributed by atoms with Gasteiger partial charge in [-0.1, -0.05) is 26.5 Å². The fraction of sp³-hybridized carbons (Fsp3) is 0.417. The molecule has 0 spiro atoms. The SMILES string of the molecule is C=CCOc1ccnc(CNC(C)C)c1. The quantitative estimate of drug-likeness (QED) is 0.724. The minimum atomic E-state index is 0.463. The molecule has 0 saturated heterocycles. The summed E-state index contributed by atoms with van der Waals surface area (Å²) in [5.41, 5.74) is 0.991. The molecule has 0 aliphatic heterocycles. The van der Waals surface area contributed by atoms with Gasteiger partial charge in [-0.25, -0.2) is 0 Å². The minimum absolute atomic E-state index is 0.463. The van der Waals surface area contributed by atoms with Crippen molar-refractivity contribution in [3.05, 3.63) is 36.7 Å². The Hall–Kier alpha value is -1.35. The predicted octanol–water partition coefficient (Wildman–Crippen LogP) is 2.14. The number of hydrogen-bond acceptors (Lipinski definition) is 3. The van der Waals surface area contributed by atoms with Crippen LogP contribution in [0.25, 0.3) is 0 Å². The van der Waals surface area contributed by atoms with Gasteiger partial charge in [-0.15, -0.1) is 0 Å². The van der Waals surface area contributed by atoms with Crippen molar-refractivity contribution in [1.82, 2.24) is 10.3 Å². The third-order valence-electron chi connectivity index (χ3n) is 1.85. The summed E-state index contributed by atoms with van der Waals surface area (Å²) in [6.07, 6.45) is 3.49. The van der Waals surface area contributed by atoms with Crippen molar-refractivity contribution in [2.45, 2.75) is 26.4 Å². The Bertz CT molecular complexity index is 310. The van der Waals surface area contributed by atoms with Crippen LogP contribution in [0, 0.1) is 0 Å². The van der Waals surface area contributed by atoms with Crippen LogP contribution in [-0.4, -0.2) is 17.6 Å². The summed E-state index contributed by atoms with van der Waals surface area (Å²) < 4.78 is 5.42. The summed E-state index contributed by atoms with van der Waals surface area (Å²) >= 11 is 0. The molecule has 1 aromatic rings. The minimum Gasteiger partial charge on any atom is -0.489 e. The van der Waals surface area contributed by atoms with Crippen molar-refractivity contribution >= 4 is 0 Å². The highest BCUT2D eigenvalue weighted by atomic mass is 16.5. The molecule has 3 nitrogen and oxygen atoms in total. The van der Waals surface area contributed by atoms with Gasteiger partial charge in [0.05, 0.1) is 5.69 Å². The topological polar surface area (TPSA) is 34.1 Å². The van der Waals surface area contributed by atoms with Crippen LogP contribution >= 0.6 is 0 Å². The number of pyridine rings is 1. The molecular formula is C12H18N2O. The first-order chi connectivity index (χ1) is 7.22. The lowest BCUT2D eigenvalue weighted by Crippen LogP contribution is -2.22. The Morgan fingerprint density at radius 3 is 3.07 bits per heavy atom. The number of aromatic nitrogens is 1. The molecule has 0 fully saturated rings. The van der Waals surface area contributed by atoms with Gasteiger partial charge in [0.15, 0.2) is 0 Å². The molecule has 1 rings (SSSR count). The summed E-state index contributed by atoms with van der Waals surface area (Å²) in [5, 5.41) is 3.31.